The van der Waals surface area contributed by atoms with Crippen LogP contribution >= 0.6 is 0 Å². The number of methoxy groups -OCH3 is 1. The fourth-order valence-corrected chi connectivity index (χ4v) is 4.01. The molecule has 1 N–H and O–H groups in total. The molecule has 4 rings (SSSR count). The van der Waals surface area contributed by atoms with Gasteiger partial charge in [-0.15, -0.1) is 0 Å². The number of anilines is 1. The maximum Gasteiger partial charge on any atom is 0.321 e. The number of piperidine rings is 1. The lowest BCUT2D eigenvalue weighted by Gasteiger charge is -2.40. The lowest BCUT2D eigenvalue weighted by atomic mass is 9.76. The van der Waals surface area contributed by atoms with Crippen LogP contribution in [-0.4, -0.2) is 47.9 Å². The van der Waals surface area contributed by atoms with E-state index in [1.54, 1.807) is 36.3 Å². The van der Waals surface area contributed by atoms with Gasteiger partial charge in [-0.25, -0.2) is 13.6 Å². The Morgan fingerprint density at radius 1 is 1.22 bits per heavy atom. The number of nitrogens with one attached hydrogen (secondary N) is 1. The summed E-state index contributed by atoms with van der Waals surface area (Å²) < 4.78 is 38.0. The van der Waals surface area contributed by atoms with Gasteiger partial charge in [0.2, 0.25) is 0 Å². The molecule has 0 aliphatic carbocycles. The van der Waals surface area contributed by atoms with Crippen LogP contribution in [0.4, 0.5) is 19.3 Å². The van der Waals surface area contributed by atoms with Crippen molar-refractivity contribution in [3.8, 4) is 11.5 Å². The van der Waals surface area contributed by atoms with Crippen molar-refractivity contribution < 1.29 is 22.8 Å². The number of hydrogen-bond acceptors (Lipinski definition) is 5. The van der Waals surface area contributed by atoms with Crippen LogP contribution in [0.25, 0.3) is 11.5 Å². The minimum Gasteiger partial charge on any atom is -0.385 e. The monoisotopic (exact) mass is 442 g/mol. The highest BCUT2D eigenvalue weighted by Gasteiger charge is 2.42. The molecule has 1 saturated heterocycles. The van der Waals surface area contributed by atoms with E-state index in [0.29, 0.717) is 37.5 Å². The van der Waals surface area contributed by atoms with Gasteiger partial charge in [-0.2, -0.15) is 4.98 Å². The molecule has 3 aromatic rings. The number of aromatic nitrogens is 2. The van der Waals surface area contributed by atoms with E-state index in [2.05, 4.69) is 15.5 Å². The Bertz CT molecular complexity index is 1070. The molecule has 0 spiro atoms. The summed E-state index contributed by atoms with van der Waals surface area (Å²) in [6, 6.07) is 11.5. The molecule has 1 aliphatic heterocycles. The van der Waals surface area contributed by atoms with E-state index in [1.807, 2.05) is 0 Å². The molecule has 0 bridgehead atoms. The zero-order chi connectivity index (χ0) is 22.6. The van der Waals surface area contributed by atoms with E-state index in [-0.39, 0.29) is 23.4 Å². The molecule has 2 aromatic carbocycles. The van der Waals surface area contributed by atoms with Crippen LogP contribution in [0.15, 0.2) is 53.1 Å². The number of carbonyl (C=O) groups excluding carboxylic acids is 1. The Labute approximate surface area is 184 Å². The second kappa shape index (κ2) is 9.44. The van der Waals surface area contributed by atoms with Crippen LogP contribution in [-0.2, 0) is 10.2 Å². The molecule has 2 heterocycles. The van der Waals surface area contributed by atoms with Gasteiger partial charge in [-0.3, -0.25) is 0 Å². The Balaban J connectivity index is 1.57. The Hall–Kier alpha value is -3.33. The number of ether oxygens (including phenoxy) is 1. The van der Waals surface area contributed by atoms with Crippen LogP contribution in [0.1, 0.15) is 25.1 Å². The van der Waals surface area contributed by atoms with E-state index >= 15 is 0 Å². The summed E-state index contributed by atoms with van der Waals surface area (Å²) >= 11 is 0. The van der Waals surface area contributed by atoms with Crippen LogP contribution in [0, 0.1) is 11.6 Å². The van der Waals surface area contributed by atoms with E-state index < -0.39 is 11.2 Å². The molecular weight excluding hydrogens is 418 g/mol. The van der Waals surface area contributed by atoms with Crippen LogP contribution in [0.2, 0.25) is 0 Å². The van der Waals surface area contributed by atoms with E-state index in [1.165, 1.54) is 24.3 Å². The first-order valence-corrected chi connectivity index (χ1v) is 10.4. The zero-order valence-electron chi connectivity index (χ0n) is 17.7. The third kappa shape index (κ3) is 4.62. The van der Waals surface area contributed by atoms with E-state index in [4.69, 9.17) is 9.26 Å². The summed E-state index contributed by atoms with van der Waals surface area (Å²) in [7, 11) is 1.61. The molecule has 0 radical (unpaired) electrons. The fourth-order valence-electron chi connectivity index (χ4n) is 4.01. The molecule has 7 nitrogen and oxygen atoms in total. The maximum atomic E-state index is 14.0. The van der Waals surface area contributed by atoms with Gasteiger partial charge < -0.3 is 19.5 Å². The van der Waals surface area contributed by atoms with E-state index in [0.717, 1.165) is 12.8 Å². The van der Waals surface area contributed by atoms with Crippen molar-refractivity contribution in [3.05, 3.63) is 66.0 Å². The number of carbonyl (C=O) groups is 1. The highest BCUT2D eigenvalue weighted by molar-refractivity contribution is 5.89. The van der Waals surface area contributed by atoms with Gasteiger partial charge in [0, 0.05) is 32.4 Å². The molecule has 1 aromatic heterocycles. The molecule has 2 amide bonds. The number of amides is 2. The first-order chi connectivity index (χ1) is 15.5. The summed E-state index contributed by atoms with van der Waals surface area (Å²) in [4.78, 5) is 19.1. The zero-order valence-corrected chi connectivity index (χ0v) is 17.7. The smallest absolute Gasteiger partial charge is 0.321 e. The minimum atomic E-state index is -0.581. The number of nitrogens with zero attached hydrogens (tertiary/aromatic N) is 3. The van der Waals surface area contributed by atoms with E-state index in [9.17, 15) is 13.6 Å². The summed E-state index contributed by atoms with van der Waals surface area (Å²) in [5, 5.41) is 6.84. The van der Waals surface area contributed by atoms with Crippen LogP contribution in [0.5, 0.6) is 0 Å². The standard InChI is InChI=1S/C23H24F2N4O3/c1-31-14-12-23(21-27-20(32-28-21)16-7-9-17(24)10-8-16)11-4-13-29(15-23)22(30)26-19-6-3-2-5-18(19)25/h2-3,5-10H,4,11-15H2,1H3,(H,26,30). The first kappa shape index (κ1) is 21.9. The highest BCUT2D eigenvalue weighted by atomic mass is 19.1. The van der Waals surface area contributed by atoms with Crippen LogP contribution in [0.3, 0.4) is 0 Å². The molecular formula is C23H24F2N4O3. The van der Waals surface area contributed by atoms with Gasteiger partial charge in [0.15, 0.2) is 5.82 Å². The van der Waals surface area contributed by atoms with Crippen molar-refractivity contribution in [2.75, 3.05) is 32.1 Å². The SMILES string of the molecule is COCCC1(c2noc(-c3ccc(F)cc3)n2)CCCN(C(=O)Nc2ccccc2F)C1. The van der Waals surface area contributed by atoms with Crippen molar-refractivity contribution >= 4 is 11.7 Å². The molecule has 32 heavy (non-hydrogen) atoms. The predicted molar refractivity (Wildman–Crippen MR) is 114 cm³/mol. The minimum absolute atomic E-state index is 0.128. The molecule has 1 unspecified atom stereocenters. The number of likely N-dealkylation sites (tertiary alicyclic amines) is 1. The molecule has 1 atom stereocenters. The van der Waals surface area contributed by atoms with Crippen molar-refractivity contribution in [1.29, 1.82) is 0 Å². The third-order valence-electron chi connectivity index (χ3n) is 5.76. The topological polar surface area (TPSA) is 80.5 Å². The van der Waals surface area contributed by atoms with Crippen molar-refractivity contribution in [1.82, 2.24) is 15.0 Å². The second-order valence-corrected chi connectivity index (χ2v) is 7.89. The largest absolute Gasteiger partial charge is 0.385 e. The number of rotatable bonds is 6. The average molecular weight is 442 g/mol. The molecule has 9 heteroatoms. The molecule has 0 saturated carbocycles. The quantitative estimate of drug-likeness (QED) is 0.603. The number of hydrogen-bond donors (Lipinski definition) is 1. The van der Waals surface area contributed by atoms with Gasteiger partial charge in [0.1, 0.15) is 11.6 Å². The van der Waals surface area contributed by atoms with Gasteiger partial charge in [0.05, 0.1) is 11.1 Å². The van der Waals surface area contributed by atoms with Crippen molar-refractivity contribution in [3.63, 3.8) is 0 Å². The van der Waals surface area contributed by atoms with Crippen molar-refractivity contribution in [2.24, 2.45) is 0 Å². The first-order valence-electron chi connectivity index (χ1n) is 10.4. The Morgan fingerprint density at radius 2 is 2.00 bits per heavy atom. The van der Waals surface area contributed by atoms with Crippen LogP contribution < -0.4 is 5.32 Å². The van der Waals surface area contributed by atoms with Crippen molar-refractivity contribution in [2.45, 2.75) is 24.7 Å². The van der Waals surface area contributed by atoms with Gasteiger partial charge in [0.25, 0.3) is 5.89 Å². The van der Waals surface area contributed by atoms with Gasteiger partial charge in [-0.1, -0.05) is 17.3 Å². The lowest BCUT2D eigenvalue weighted by molar-refractivity contribution is 0.111. The fraction of sp³-hybridized carbons (Fsp3) is 0.348. The number of urea groups is 1. The summed E-state index contributed by atoms with van der Waals surface area (Å²) in [6.45, 7) is 1.31. The molecule has 1 aliphatic rings. The van der Waals surface area contributed by atoms with Gasteiger partial charge >= 0.3 is 6.03 Å². The highest BCUT2D eigenvalue weighted by Crippen LogP contribution is 2.37. The second-order valence-electron chi connectivity index (χ2n) is 7.89. The molecule has 168 valence electrons. The number of benzene rings is 2. The number of halogens is 2. The molecule has 1 fully saturated rings. The summed E-state index contributed by atoms with van der Waals surface area (Å²) in [5.41, 5.74) is 0.156. The third-order valence-corrected chi connectivity index (χ3v) is 5.76. The van der Waals surface area contributed by atoms with Gasteiger partial charge in [-0.05, 0) is 55.7 Å². The Kier molecular flexibility index (Phi) is 6.45. The Morgan fingerprint density at radius 3 is 2.75 bits per heavy atom. The average Bonchev–Trinajstić information content (AvgIpc) is 3.31. The maximum absolute atomic E-state index is 14.0. The summed E-state index contributed by atoms with van der Waals surface area (Å²) in [5.74, 6) is -0.0959. The normalized spacial score (nSPS) is 18.5. The lowest BCUT2D eigenvalue weighted by Crippen LogP contribution is -2.50. The predicted octanol–water partition coefficient (Wildman–Crippen LogP) is 4.62. The number of para-hydroxylation sites is 1. The summed E-state index contributed by atoms with van der Waals surface area (Å²) in [6.07, 6.45) is 2.03.